The molecule has 0 bridgehead atoms. The molecule has 7 heteroatoms. The number of nitrogens with zero attached hydrogens (tertiary/aromatic N) is 1. The summed E-state index contributed by atoms with van der Waals surface area (Å²) in [6.45, 7) is 3.76. The molecule has 1 aromatic heterocycles. The number of aromatic hydroxyl groups is 1. The van der Waals surface area contributed by atoms with E-state index in [-0.39, 0.29) is 16.3 Å². The van der Waals surface area contributed by atoms with E-state index >= 15 is 0 Å². The smallest absolute Gasteiger partial charge is 0.403 e. The van der Waals surface area contributed by atoms with Crippen LogP contribution in [-0.2, 0) is 15.4 Å². The van der Waals surface area contributed by atoms with Crippen LogP contribution in [0.2, 0.25) is 0 Å². The lowest BCUT2D eigenvalue weighted by Gasteiger charge is -2.32. The fourth-order valence-electron chi connectivity index (χ4n) is 4.83. The predicted molar refractivity (Wildman–Crippen MR) is 145 cm³/mol. The molecule has 0 amide bonds. The van der Waals surface area contributed by atoms with Crippen molar-refractivity contribution in [3.8, 4) is 5.75 Å². The molecule has 1 aliphatic rings. The Kier molecular flexibility index (Phi) is 6.09. The van der Waals surface area contributed by atoms with Crippen molar-refractivity contribution in [3.63, 3.8) is 0 Å². The predicted octanol–water partition coefficient (Wildman–Crippen LogP) is 6.21. The zero-order valence-electron chi connectivity index (χ0n) is 21.1. The Morgan fingerprint density at radius 3 is 2.11 bits per heavy atom. The Bertz CT molecular complexity index is 1610. The maximum Gasteiger partial charge on any atom is 0.403 e. The van der Waals surface area contributed by atoms with Gasteiger partial charge in [-0.1, -0.05) is 60.7 Å². The summed E-state index contributed by atoms with van der Waals surface area (Å²) in [5.41, 5.74) is 0.122. The first-order valence-electron chi connectivity index (χ1n) is 12.3. The average Bonchev–Trinajstić information content (AvgIpc) is 3.75. The highest BCUT2D eigenvalue weighted by Crippen LogP contribution is 2.45. The Hall–Kier alpha value is -3.68. The summed E-state index contributed by atoms with van der Waals surface area (Å²) in [4.78, 5) is 13.7. The normalized spacial score (nSPS) is 15.8. The SMILES string of the molecule is CC(C)(c1ccccc1)c1cc(O)c([N+](C)(c2ccccc2)S(=O)(=O)c2cccc(C3CC3)c2)c(=O)o1. The van der Waals surface area contributed by atoms with Gasteiger partial charge in [0.15, 0.2) is 11.4 Å². The van der Waals surface area contributed by atoms with E-state index in [1.807, 2.05) is 50.2 Å². The third-order valence-electron chi connectivity index (χ3n) is 7.38. The van der Waals surface area contributed by atoms with E-state index in [4.69, 9.17) is 4.42 Å². The second kappa shape index (κ2) is 9.01. The first-order valence-corrected chi connectivity index (χ1v) is 13.7. The lowest BCUT2D eigenvalue weighted by molar-refractivity contribution is 0.369. The van der Waals surface area contributed by atoms with Crippen LogP contribution in [0.15, 0.2) is 105 Å². The fraction of sp³-hybridized carbons (Fsp3) is 0.233. The van der Waals surface area contributed by atoms with Gasteiger partial charge in [0.1, 0.15) is 10.7 Å². The summed E-state index contributed by atoms with van der Waals surface area (Å²) >= 11 is 0. The van der Waals surface area contributed by atoms with Gasteiger partial charge in [-0.15, -0.1) is 3.89 Å². The van der Waals surface area contributed by atoms with E-state index in [1.54, 1.807) is 42.5 Å². The lowest BCUT2D eigenvalue weighted by Crippen LogP contribution is -2.48. The first-order chi connectivity index (χ1) is 17.6. The van der Waals surface area contributed by atoms with Crippen LogP contribution in [0.3, 0.4) is 0 Å². The van der Waals surface area contributed by atoms with Crippen LogP contribution in [0.5, 0.6) is 5.75 Å². The third-order valence-corrected chi connectivity index (χ3v) is 9.58. The van der Waals surface area contributed by atoms with Crippen LogP contribution in [0.25, 0.3) is 0 Å². The zero-order chi connectivity index (χ0) is 26.4. The van der Waals surface area contributed by atoms with Crippen LogP contribution in [0.1, 0.15) is 49.5 Å². The summed E-state index contributed by atoms with van der Waals surface area (Å²) in [5.74, 6) is 0.143. The van der Waals surface area contributed by atoms with Gasteiger partial charge in [0, 0.05) is 23.6 Å². The standard InChI is InChI=1S/C30H29NO5S/c1-30(2,23-12-6-4-7-13-23)27-20-26(32)28(29(33)36-27)31(3,24-14-8-5-9-15-24)37(34,35)25-16-10-11-22(19-25)21-17-18-21/h4-16,19-21H,17-18H2,1-3H3/p+1. The molecule has 1 atom stereocenters. The number of para-hydroxylation sites is 1. The molecule has 1 N–H and O–H groups in total. The highest BCUT2D eigenvalue weighted by atomic mass is 32.2. The second-order valence-electron chi connectivity index (χ2n) is 10.2. The van der Waals surface area contributed by atoms with Gasteiger partial charge in [-0.25, -0.2) is 4.79 Å². The van der Waals surface area contributed by atoms with Crippen molar-refractivity contribution in [2.24, 2.45) is 0 Å². The Morgan fingerprint density at radius 1 is 0.892 bits per heavy atom. The summed E-state index contributed by atoms with van der Waals surface area (Å²) in [7, 11) is -2.86. The van der Waals surface area contributed by atoms with Gasteiger partial charge in [0.05, 0.1) is 7.05 Å². The third kappa shape index (κ3) is 4.18. The molecule has 4 aromatic rings. The molecule has 37 heavy (non-hydrogen) atoms. The maximum absolute atomic E-state index is 14.3. The molecule has 0 aliphatic heterocycles. The van der Waals surface area contributed by atoms with Crippen LogP contribution in [-0.4, -0.2) is 20.6 Å². The number of hydrogen-bond donors (Lipinski definition) is 1. The molecule has 1 heterocycles. The minimum absolute atomic E-state index is 0.0794. The molecule has 3 aromatic carbocycles. The van der Waals surface area contributed by atoms with E-state index in [0.717, 1.165) is 24.0 Å². The molecule has 5 rings (SSSR count). The van der Waals surface area contributed by atoms with Crippen LogP contribution < -0.4 is 9.51 Å². The number of benzene rings is 3. The fourth-order valence-corrected chi connectivity index (χ4v) is 6.59. The van der Waals surface area contributed by atoms with Gasteiger partial charge in [0.25, 0.3) is 5.69 Å². The molecule has 0 spiro atoms. The molecule has 1 fully saturated rings. The van der Waals surface area contributed by atoms with Gasteiger partial charge in [-0.05, 0) is 55.9 Å². The van der Waals surface area contributed by atoms with E-state index in [9.17, 15) is 18.3 Å². The minimum atomic E-state index is -4.26. The van der Waals surface area contributed by atoms with Gasteiger partial charge in [-0.2, -0.15) is 8.42 Å². The summed E-state index contributed by atoms with van der Waals surface area (Å²) in [5, 5.41) is 11.3. The van der Waals surface area contributed by atoms with Crippen LogP contribution in [0, 0.1) is 0 Å². The summed E-state index contributed by atoms with van der Waals surface area (Å²) < 4.78 is 33.5. The van der Waals surface area contributed by atoms with E-state index in [1.165, 1.54) is 19.2 Å². The minimum Gasteiger partial charge on any atom is -0.502 e. The molecule has 6 nitrogen and oxygen atoms in total. The largest absolute Gasteiger partial charge is 0.502 e. The van der Waals surface area contributed by atoms with Gasteiger partial charge in [-0.3, -0.25) is 0 Å². The van der Waals surface area contributed by atoms with Crippen molar-refractivity contribution in [1.82, 2.24) is 3.89 Å². The Labute approximate surface area is 217 Å². The van der Waals surface area contributed by atoms with E-state index in [2.05, 4.69) is 0 Å². The molecule has 190 valence electrons. The van der Waals surface area contributed by atoms with Gasteiger partial charge >= 0.3 is 15.6 Å². The van der Waals surface area contributed by atoms with Crippen LogP contribution >= 0.6 is 0 Å². The molecule has 1 aliphatic carbocycles. The van der Waals surface area contributed by atoms with Crippen LogP contribution in [0.4, 0.5) is 11.4 Å². The first kappa shape index (κ1) is 25.0. The van der Waals surface area contributed by atoms with E-state index in [0.29, 0.717) is 11.6 Å². The molecule has 1 saturated carbocycles. The van der Waals surface area contributed by atoms with Crippen molar-refractivity contribution in [3.05, 3.63) is 118 Å². The average molecular weight is 517 g/mol. The highest BCUT2D eigenvalue weighted by molar-refractivity contribution is 7.91. The maximum atomic E-state index is 14.3. The molecule has 0 saturated heterocycles. The van der Waals surface area contributed by atoms with Crippen molar-refractivity contribution in [2.45, 2.75) is 42.9 Å². The van der Waals surface area contributed by atoms with E-state index < -0.39 is 30.7 Å². The number of rotatable bonds is 7. The lowest BCUT2D eigenvalue weighted by atomic mass is 9.82. The molecular weight excluding hydrogens is 486 g/mol. The number of sulfonamides is 1. The highest BCUT2D eigenvalue weighted by Gasteiger charge is 2.49. The van der Waals surface area contributed by atoms with Gasteiger partial charge < -0.3 is 9.52 Å². The Morgan fingerprint density at radius 2 is 1.51 bits per heavy atom. The quantitative estimate of drug-likeness (QED) is 0.295. The van der Waals surface area contributed by atoms with Crippen molar-refractivity contribution < 1.29 is 17.9 Å². The monoisotopic (exact) mass is 516 g/mol. The van der Waals surface area contributed by atoms with Gasteiger partial charge in [0.2, 0.25) is 0 Å². The number of quaternary nitrogens is 1. The topological polar surface area (TPSA) is 84.6 Å². The van der Waals surface area contributed by atoms with Crippen molar-refractivity contribution in [1.29, 1.82) is 0 Å². The summed E-state index contributed by atoms with van der Waals surface area (Å²) in [6.07, 6.45) is 2.05. The molecule has 1 unspecified atom stereocenters. The number of hydrogen-bond acceptors (Lipinski definition) is 5. The molecule has 0 radical (unpaired) electrons. The second-order valence-corrected chi connectivity index (χ2v) is 12.4. The Balaban J connectivity index is 1.72. The van der Waals surface area contributed by atoms with Crippen molar-refractivity contribution >= 4 is 21.4 Å². The van der Waals surface area contributed by atoms with Crippen molar-refractivity contribution in [2.75, 3.05) is 7.05 Å². The zero-order valence-corrected chi connectivity index (χ0v) is 21.9. The summed E-state index contributed by atoms with van der Waals surface area (Å²) in [6, 6.07) is 26.1. The molecular formula is C30H30NO5S+.